The van der Waals surface area contributed by atoms with Gasteiger partial charge < -0.3 is 19.2 Å². The van der Waals surface area contributed by atoms with Crippen LogP contribution in [-0.4, -0.2) is 53.1 Å². The summed E-state index contributed by atoms with van der Waals surface area (Å²) in [6.07, 6.45) is 0.106. The van der Waals surface area contributed by atoms with Crippen LogP contribution in [0.1, 0.15) is 66.7 Å². The average Bonchev–Trinajstić information content (AvgIpc) is 3.57. The van der Waals surface area contributed by atoms with Gasteiger partial charge in [-0.05, 0) is 95.2 Å². The molecule has 2 aliphatic heterocycles. The number of fused-ring (bicyclic) bond motifs is 4. The van der Waals surface area contributed by atoms with Crippen LogP contribution in [0.3, 0.4) is 0 Å². The van der Waals surface area contributed by atoms with E-state index in [1.807, 2.05) is 25.1 Å². The maximum Gasteiger partial charge on any atom is 0.355 e. The lowest BCUT2D eigenvalue weighted by atomic mass is 9.82. The molecule has 10 nitrogen and oxygen atoms in total. The summed E-state index contributed by atoms with van der Waals surface area (Å²) < 4.78 is 12.4. The largest absolute Gasteiger partial charge is 0.456 e. The van der Waals surface area contributed by atoms with E-state index in [1.165, 1.54) is 24.3 Å². The zero-order chi connectivity index (χ0) is 33.6. The standard InChI is InChI=1S/C36H38N2O8Si/c1-5-47(6-2,7-3)46-21(4)32-31-18-28(24-11-15-27-30(17-24)29-16-23(19-39)10-14-26(29)34(27)40)33(37(31)35(32)41)36(42)45-20-22-8-12-25(13-9-22)38(43)44/h8-17,21,31-32,39H,5-7,18-20H2,1-4H3/t21-,31-,32-/m1/s1. The number of hydrogen-bond acceptors (Lipinski definition) is 8. The SMILES string of the molecule is CC[Si](CC)(CC)O[C@H](C)[C@H]1C(=O)N2C(C(=O)OCc3ccc([N+](=O)[O-])cc3)=C(c3ccc4c(c3)-c3cc(CO)ccc3C4=O)C[C@H]12. The fourth-order valence-corrected chi connectivity index (χ4v) is 10.2. The number of ketones is 1. The summed E-state index contributed by atoms with van der Waals surface area (Å²) in [6, 6.07) is 19.1. The van der Waals surface area contributed by atoms with Gasteiger partial charge in [0.15, 0.2) is 14.1 Å². The van der Waals surface area contributed by atoms with E-state index in [-0.39, 0.29) is 48.4 Å². The predicted molar refractivity (Wildman–Crippen MR) is 178 cm³/mol. The first kappa shape index (κ1) is 32.5. The van der Waals surface area contributed by atoms with Crippen molar-refractivity contribution < 1.29 is 33.6 Å². The van der Waals surface area contributed by atoms with E-state index >= 15 is 0 Å². The summed E-state index contributed by atoms with van der Waals surface area (Å²) in [4.78, 5) is 53.0. The number of nitro benzene ring substituents is 1. The summed E-state index contributed by atoms with van der Waals surface area (Å²) in [5.41, 5.74) is 5.24. The molecule has 1 N–H and O–H groups in total. The van der Waals surface area contributed by atoms with Gasteiger partial charge in [-0.3, -0.25) is 19.7 Å². The molecule has 11 heteroatoms. The van der Waals surface area contributed by atoms with Crippen LogP contribution in [0.25, 0.3) is 16.7 Å². The molecule has 0 bridgehead atoms. The molecule has 1 fully saturated rings. The fraction of sp³-hybridized carbons (Fsp3) is 0.361. The Morgan fingerprint density at radius 2 is 1.57 bits per heavy atom. The molecule has 1 saturated heterocycles. The Balaban J connectivity index is 1.35. The molecule has 1 amide bonds. The number of β-lactam (4-membered cyclic amide) rings is 1. The summed E-state index contributed by atoms with van der Waals surface area (Å²) in [5, 5.41) is 20.8. The maximum atomic E-state index is 13.9. The topological polar surface area (TPSA) is 136 Å². The first-order chi connectivity index (χ1) is 22.6. The Labute approximate surface area is 274 Å². The number of esters is 1. The minimum Gasteiger partial charge on any atom is -0.456 e. The van der Waals surface area contributed by atoms with Crippen LogP contribution in [0.5, 0.6) is 0 Å². The number of carbonyl (C=O) groups excluding carboxylic acids is 3. The van der Waals surface area contributed by atoms with Crippen molar-refractivity contribution in [1.82, 2.24) is 4.90 Å². The second kappa shape index (κ2) is 12.6. The monoisotopic (exact) mass is 654 g/mol. The molecule has 0 unspecified atom stereocenters. The number of benzene rings is 3. The lowest BCUT2D eigenvalue weighted by Gasteiger charge is -2.48. The molecule has 0 saturated carbocycles. The van der Waals surface area contributed by atoms with E-state index in [9.17, 15) is 29.6 Å². The highest BCUT2D eigenvalue weighted by molar-refractivity contribution is 6.73. The number of nitrogens with zero attached hydrogens (tertiary/aromatic N) is 2. The molecular formula is C36H38N2O8Si. The quantitative estimate of drug-likeness (QED) is 0.0610. The molecule has 0 radical (unpaired) electrons. The van der Waals surface area contributed by atoms with Crippen LogP contribution in [0, 0.1) is 16.0 Å². The second-order valence-corrected chi connectivity index (χ2v) is 17.2. The van der Waals surface area contributed by atoms with Crippen LogP contribution in [0.15, 0.2) is 66.4 Å². The lowest BCUT2D eigenvalue weighted by molar-refractivity contribution is -0.384. The third-order valence-electron chi connectivity index (χ3n) is 10.2. The van der Waals surface area contributed by atoms with Gasteiger partial charge in [0, 0.05) is 23.3 Å². The Kier molecular flexibility index (Phi) is 8.73. The van der Waals surface area contributed by atoms with Crippen molar-refractivity contribution in [2.75, 3.05) is 0 Å². The van der Waals surface area contributed by atoms with Crippen LogP contribution in [-0.2, 0) is 32.0 Å². The smallest absolute Gasteiger partial charge is 0.355 e. The normalized spacial score (nSPS) is 18.9. The number of non-ortho nitro benzene ring substituents is 1. The third kappa shape index (κ3) is 5.51. The summed E-state index contributed by atoms with van der Waals surface area (Å²) in [6.45, 7) is 8.12. The Morgan fingerprint density at radius 1 is 0.957 bits per heavy atom. The fourth-order valence-electron chi connectivity index (χ4n) is 7.31. The molecular weight excluding hydrogens is 616 g/mol. The lowest BCUT2D eigenvalue weighted by Crippen LogP contribution is -2.63. The molecule has 3 atom stereocenters. The predicted octanol–water partition coefficient (Wildman–Crippen LogP) is 6.39. The van der Waals surface area contributed by atoms with Crippen molar-refractivity contribution in [2.45, 2.75) is 77.6 Å². The molecule has 3 aromatic rings. The molecule has 1 aliphatic carbocycles. The van der Waals surface area contributed by atoms with Crippen molar-refractivity contribution in [3.63, 3.8) is 0 Å². The molecule has 47 heavy (non-hydrogen) atoms. The average molecular weight is 655 g/mol. The number of aliphatic hydroxyl groups is 1. The molecule has 6 rings (SSSR count). The van der Waals surface area contributed by atoms with Crippen molar-refractivity contribution in [3.05, 3.63) is 104 Å². The van der Waals surface area contributed by atoms with Gasteiger partial charge in [0.25, 0.3) is 5.69 Å². The third-order valence-corrected chi connectivity index (χ3v) is 14.9. The van der Waals surface area contributed by atoms with Crippen molar-refractivity contribution in [1.29, 1.82) is 0 Å². The summed E-state index contributed by atoms with van der Waals surface area (Å²) >= 11 is 0. The van der Waals surface area contributed by atoms with E-state index in [4.69, 9.17) is 9.16 Å². The van der Waals surface area contributed by atoms with Crippen LogP contribution in [0.2, 0.25) is 18.1 Å². The van der Waals surface area contributed by atoms with E-state index in [1.54, 1.807) is 23.1 Å². The molecule has 2 heterocycles. The summed E-state index contributed by atoms with van der Waals surface area (Å²) in [7, 11) is -2.01. The van der Waals surface area contributed by atoms with Gasteiger partial charge in [-0.25, -0.2) is 4.79 Å². The number of hydrogen-bond donors (Lipinski definition) is 1. The Bertz CT molecular complexity index is 1810. The van der Waals surface area contributed by atoms with Crippen LogP contribution >= 0.6 is 0 Å². The molecule has 3 aliphatic rings. The van der Waals surface area contributed by atoms with Crippen molar-refractivity contribution >= 4 is 37.2 Å². The Hall–Kier alpha value is -4.45. The highest BCUT2D eigenvalue weighted by atomic mass is 28.4. The molecule has 0 spiro atoms. The molecule has 0 aromatic heterocycles. The molecule has 3 aromatic carbocycles. The van der Waals surface area contributed by atoms with Gasteiger partial charge in [-0.2, -0.15) is 0 Å². The van der Waals surface area contributed by atoms with Crippen molar-refractivity contribution in [3.8, 4) is 11.1 Å². The van der Waals surface area contributed by atoms with Gasteiger partial charge in [-0.15, -0.1) is 0 Å². The zero-order valence-corrected chi connectivity index (χ0v) is 27.9. The first-order valence-electron chi connectivity index (χ1n) is 16.1. The van der Waals surface area contributed by atoms with E-state index in [0.717, 1.165) is 23.7 Å². The zero-order valence-electron chi connectivity index (χ0n) is 26.9. The van der Waals surface area contributed by atoms with Gasteiger partial charge in [0.05, 0.1) is 29.6 Å². The minimum atomic E-state index is -2.01. The number of nitro groups is 1. The van der Waals surface area contributed by atoms with Crippen LogP contribution in [0.4, 0.5) is 5.69 Å². The van der Waals surface area contributed by atoms with Crippen molar-refractivity contribution in [2.24, 2.45) is 5.92 Å². The molecule has 244 valence electrons. The number of carbonyl (C=O) groups is 3. The first-order valence-corrected chi connectivity index (χ1v) is 18.7. The number of aliphatic hydroxyl groups excluding tert-OH is 1. The van der Waals surface area contributed by atoms with E-state index in [0.29, 0.717) is 45.4 Å². The van der Waals surface area contributed by atoms with Gasteiger partial charge >= 0.3 is 5.97 Å². The minimum absolute atomic E-state index is 0.0682. The van der Waals surface area contributed by atoms with Gasteiger partial charge in [-0.1, -0.05) is 39.0 Å². The van der Waals surface area contributed by atoms with Crippen LogP contribution < -0.4 is 0 Å². The van der Waals surface area contributed by atoms with Gasteiger partial charge in [0.1, 0.15) is 12.3 Å². The number of rotatable bonds is 12. The maximum absolute atomic E-state index is 13.9. The highest BCUT2D eigenvalue weighted by Gasteiger charge is 2.58. The number of ether oxygens (including phenoxy) is 1. The second-order valence-electron chi connectivity index (χ2n) is 12.5. The van der Waals surface area contributed by atoms with E-state index < -0.39 is 25.1 Å². The Morgan fingerprint density at radius 3 is 2.19 bits per heavy atom. The summed E-state index contributed by atoms with van der Waals surface area (Å²) in [5.74, 6) is -1.36. The van der Waals surface area contributed by atoms with E-state index in [2.05, 4.69) is 20.8 Å². The number of amides is 1. The van der Waals surface area contributed by atoms with Gasteiger partial charge in [0.2, 0.25) is 5.91 Å². The highest BCUT2D eigenvalue weighted by Crippen LogP contribution is 2.49.